The molecule has 3 aromatic rings. The highest BCUT2D eigenvalue weighted by molar-refractivity contribution is 6.31. The number of amides is 1. The van der Waals surface area contributed by atoms with Crippen LogP contribution < -0.4 is 5.32 Å². The van der Waals surface area contributed by atoms with E-state index in [2.05, 4.69) is 17.4 Å². The fourth-order valence-electron chi connectivity index (χ4n) is 5.60. The van der Waals surface area contributed by atoms with Crippen molar-refractivity contribution in [2.45, 2.75) is 38.5 Å². The van der Waals surface area contributed by atoms with Gasteiger partial charge in [-0.3, -0.25) is 9.59 Å². The average Bonchev–Trinajstić information content (AvgIpc) is 3.00. The van der Waals surface area contributed by atoms with Crippen LogP contribution in [0.5, 0.6) is 0 Å². The Labute approximate surface area is 203 Å². The number of aryl methyl sites for hydroxylation is 3. The topological polar surface area (TPSA) is 46.2 Å². The Balaban J connectivity index is 1.82. The summed E-state index contributed by atoms with van der Waals surface area (Å²) in [5, 5.41) is 4.15. The summed E-state index contributed by atoms with van der Waals surface area (Å²) >= 11 is 12.6. The largest absolute Gasteiger partial charge is 0.325 e. The fourth-order valence-corrected chi connectivity index (χ4v) is 5.97. The number of ketones is 1. The minimum absolute atomic E-state index is 0.0240. The van der Waals surface area contributed by atoms with E-state index in [1.807, 2.05) is 51.1 Å². The quantitative estimate of drug-likeness (QED) is 0.435. The van der Waals surface area contributed by atoms with E-state index in [9.17, 15) is 9.59 Å². The molecule has 0 fully saturated rings. The van der Waals surface area contributed by atoms with Gasteiger partial charge in [-0.2, -0.15) is 0 Å². The zero-order valence-electron chi connectivity index (χ0n) is 18.6. The number of rotatable bonds is 2. The molecule has 5 rings (SSSR count). The maximum atomic E-state index is 13.8. The molecule has 33 heavy (non-hydrogen) atoms. The molecular weight excluding hydrogens is 453 g/mol. The molecule has 3 aromatic carbocycles. The summed E-state index contributed by atoms with van der Waals surface area (Å²) in [5.74, 6) is -0.519. The molecule has 1 N–H and O–H groups in total. The lowest BCUT2D eigenvalue weighted by Gasteiger charge is -2.38. The molecule has 2 aliphatic rings. The molecule has 0 radical (unpaired) electrons. The zero-order valence-corrected chi connectivity index (χ0v) is 20.1. The zero-order chi connectivity index (χ0) is 23.5. The fraction of sp³-hybridized carbons (Fsp3) is 0.214. The Morgan fingerprint density at radius 1 is 0.909 bits per heavy atom. The summed E-state index contributed by atoms with van der Waals surface area (Å²) in [6, 6.07) is 17.1. The number of carbonyl (C=O) groups excluding carboxylic acids is 2. The van der Waals surface area contributed by atoms with Gasteiger partial charge in [0.1, 0.15) is 5.41 Å². The summed E-state index contributed by atoms with van der Waals surface area (Å²) in [7, 11) is 0. The van der Waals surface area contributed by atoms with Crippen molar-refractivity contribution in [3.63, 3.8) is 0 Å². The van der Waals surface area contributed by atoms with Gasteiger partial charge in [0.25, 0.3) is 0 Å². The first kappa shape index (κ1) is 21.9. The van der Waals surface area contributed by atoms with E-state index in [4.69, 9.17) is 23.2 Å². The first-order valence-corrected chi connectivity index (χ1v) is 11.7. The second kappa shape index (κ2) is 7.86. The predicted octanol–water partition coefficient (Wildman–Crippen LogP) is 6.95. The number of halogens is 2. The number of nitrogens with one attached hydrogen (secondary N) is 1. The van der Waals surface area contributed by atoms with Crippen LogP contribution in [0.4, 0.5) is 5.69 Å². The highest BCUT2D eigenvalue weighted by Gasteiger charge is 2.54. The van der Waals surface area contributed by atoms with Crippen molar-refractivity contribution < 1.29 is 9.59 Å². The number of fused-ring (bicyclic) bond motifs is 2. The van der Waals surface area contributed by atoms with Crippen molar-refractivity contribution in [2.75, 3.05) is 5.32 Å². The van der Waals surface area contributed by atoms with E-state index >= 15 is 0 Å². The van der Waals surface area contributed by atoms with Crippen molar-refractivity contribution >= 4 is 46.2 Å². The second-order valence-corrected chi connectivity index (χ2v) is 9.95. The van der Waals surface area contributed by atoms with Crippen LogP contribution in [0.2, 0.25) is 10.0 Å². The van der Waals surface area contributed by atoms with Gasteiger partial charge in [0.05, 0.1) is 0 Å². The third-order valence-corrected chi connectivity index (χ3v) is 7.33. The molecular formula is C28H23Cl2NO2. The molecule has 1 amide bonds. The number of allylic oxidation sites excluding steroid dienone is 1. The second-order valence-electron chi connectivity index (χ2n) is 9.08. The van der Waals surface area contributed by atoms with Crippen molar-refractivity contribution in [3.8, 4) is 0 Å². The maximum absolute atomic E-state index is 13.8. The minimum Gasteiger partial charge on any atom is -0.325 e. The monoisotopic (exact) mass is 475 g/mol. The Morgan fingerprint density at radius 2 is 1.61 bits per heavy atom. The van der Waals surface area contributed by atoms with E-state index < -0.39 is 5.41 Å². The Bertz CT molecular complexity index is 1350. The summed E-state index contributed by atoms with van der Waals surface area (Å²) in [6.07, 6.45) is 2.10. The lowest BCUT2D eigenvalue weighted by molar-refractivity contribution is -0.121. The third kappa shape index (κ3) is 3.42. The van der Waals surface area contributed by atoms with Gasteiger partial charge in [-0.05, 0) is 72.9 Å². The molecule has 0 unspecified atom stereocenters. The van der Waals surface area contributed by atoms with Crippen LogP contribution in [-0.4, -0.2) is 11.7 Å². The highest BCUT2D eigenvalue weighted by atomic mass is 35.5. The predicted molar refractivity (Wildman–Crippen MR) is 134 cm³/mol. The first-order valence-electron chi connectivity index (χ1n) is 10.9. The van der Waals surface area contributed by atoms with Crippen LogP contribution >= 0.6 is 23.2 Å². The standard InChI is InChI=1S/C28H23Cl2NO2/c1-15-9-16(2)26(17(3)10-15)21-14-28(22-8-7-20(30)12-24(22)31-27(28)33)23(13-25(21)32)18-5-4-6-19(29)11-18/h4-12,14,23H,13H2,1-3H3,(H,31,33)/t23-,28-/m0/s1. The van der Waals surface area contributed by atoms with Gasteiger partial charge in [0.2, 0.25) is 5.91 Å². The first-order chi connectivity index (χ1) is 15.7. The van der Waals surface area contributed by atoms with Crippen molar-refractivity contribution in [1.29, 1.82) is 0 Å². The van der Waals surface area contributed by atoms with Crippen LogP contribution in [0.3, 0.4) is 0 Å². The molecule has 1 aliphatic carbocycles. The van der Waals surface area contributed by atoms with Crippen LogP contribution in [0.1, 0.15) is 45.7 Å². The summed E-state index contributed by atoms with van der Waals surface area (Å²) in [4.78, 5) is 27.4. The molecule has 166 valence electrons. The molecule has 1 spiro atoms. The molecule has 5 heteroatoms. The summed E-state index contributed by atoms with van der Waals surface area (Å²) in [5.41, 5.74) is 6.03. The number of hydrogen-bond donors (Lipinski definition) is 1. The van der Waals surface area contributed by atoms with Crippen LogP contribution in [-0.2, 0) is 15.0 Å². The van der Waals surface area contributed by atoms with Gasteiger partial charge in [0, 0.05) is 33.6 Å². The average molecular weight is 476 g/mol. The SMILES string of the molecule is Cc1cc(C)c(C2=C[C@@]3(C(=O)Nc4cc(Cl)ccc43)[C@H](c3cccc(Cl)c3)CC2=O)c(C)c1. The number of anilines is 1. The van der Waals surface area contributed by atoms with Crippen molar-refractivity contribution in [2.24, 2.45) is 0 Å². The Morgan fingerprint density at radius 3 is 2.30 bits per heavy atom. The molecule has 3 nitrogen and oxygen atoms in total. The van der Waals surface area contributed by atoms with Crippen LogP contribution in [0.15, 0.2) is 60.7 Å². The molecule has 2 atom stereocenters. The number of benzene rings is 3. The number of Topliss-reactive ketones (excluding diaryl/α,β-unsaturated/α-hetero) is 1. The van der Waals surface area contributed by atoms with Crippen molar-refractivity contribution in [3.05, 3.63) is 104 Å². The summed E-state index contributed by atoms with van der Waals surface area (Å²) < 4.78 is 0. The van der Waals surface area contributed by atoms with Gasteiger partial charge < -0.3 is 5.32 Å². The summed E-state index contributed by atoms with van der Waals surface area (Å²) in [6.45, 7) is 6.07. The normalized spacial score (nSPS) is 21.7. The molecule has 0 saturated carbocycles. The van der Waals surface area contributed by atoms with E-state index in [-0.39, 0.29) is 24.0 Å². The third-order valence-electron chi connectivity index (χ3n) is 6.86. The van der Waals surface area contributed by atoms with E-state index in [0.29, 0.717) is 21.3 Å². The molecule has 0 bridgehead atoms. The van der Waals surface area contributed by atoms with E-state index in [1.54, 1.807) is 18.2 Å². The van der Waals surface area contributed by atoms with Gasteiger partial charge in [0.15, 0.2) is 5.78 Å². The van der Waals surface area contributed by atoms with Gasteiger partial charge in [-0.1, -0.05) is 65.2 Å². The Hall–Kier alpha value is -2.88. The van der Waals surface area contributed by atoms with Crippen LogP contribution in [0.25, 0.3) is 5.57 Å². The Kier molecular flexibility index (Phi) is 5.23. The maximum Gasteiger partial charge on any atom is 0.239 e. The van der Waals surface area contributed by atoms with E-state index in [0.717, 1.165) is 33.4 Å². The minimum atomic E-state index is -1.04. The lowest BCUT2D eigenvalue weighted by atomic mass is 9.61. The van der Waals surface area contributed by atoms with Gasteiger partial charge in [-0.15, -0.1) is 0 Å². The number of carbonyl (C=O) groups is 2. The smallest absolute Gasteiger partial charge is 0.239 e. The van der Waals surface area contributed by atoms with Gasteiger partial charge >= 0.3 is 0 Å². The molecule has 1 aliphatic heterocycles. The molecule has 0 aromatic heterocycles. The van der Waals surface area contributed by atoms with Crippen molar-refractivity contribution in [1.82, 2.24) is 0 Å². The highest BCUT2D eigenvalue weighted by Crippen LogP contribution is 2.54. The molecule has 0 saturated heterocycles. The van der Waals surface area contributed by atoms with E-state index in [1.165, 1.54) is 0 Å². The van der Waals surface area contributed by atoms with Crippen LogP contribution in [0, 0.1) is 20.8 Å². The van der Waals surface area contributed by atoms with Gasteiger partial charge in [-0.25, -0.2) is 0 Å². The molecule has 1 heterocycles. The number of hydrogen-bond acceptors (Lipinski definition) is 2. The lowest BCUT2D eigenvalue weighted by Crippen LogP contribution is -2.43.